The van der Waals surface area contributed by atoms with Crippen LogP contribution in [0.15, 0.2) is 36.4 Å². The Labute approximate surface area is 134 Å². The second kappa shape index (κ2) is 5.40. The molecule has 0 amide bonds. The van der Waals surface area contributed by atoms with E-state index in [1.807, 2.05) is 30.3 Å². The minimum Gasteiger partial charge on any atom is -0.486 e. The smallest absolute Gasteiger partial charge is 0.300 e. The van der Waals surface area contributed by atoms with Gasteiger partial charge in [0.25, 0.3) is 5.69 Å². The minimum atomic E-state index is -0.452. The van der Waals surface area contributed by atoms with Crippen LogP contribution in [-0.4, -0.2) is 23.1 Å². The minimum absolute atomic E-state index is 0.0818. The molecule has 23 heavy (non-hydrogen) atoms. The van der Waals surface area contributed by atoms with Gasteiger partial charge in [-0.25, -0.2) is 4.98 Å². The van der Waals surface area contributed by atoms with Gasteiger partial charge in [0, 0.05) is 5.69 Å². The lowest BCUT2D eigenvalue weighted by molar-refractivity contribution is -0.383. The number of nitro groups is 1. The molecule has 0 bridgehead atoms. The van der Waals surface area contributed by atoms with Crippen LogP contribution in [-0.2, 0) is 0 Å². The van der Waals surface area contributed by atoms with E-state index < -0.39 is 4.92 Å². The van der Waals surface area contributed by atoms with Gasteiger partial charge in [-0.15, -0.1) is 0 Å². The van der Waals surface area contributed by atoms with Crippen LogP contribution in [0.25, 0.3) is 10.2 Å². The molecule has 0 spiro atoms. The quantitative estimate of drug-likeness (QED) is 0.582. The van der Waals surface area contributed by atoms with Crippen molar-refractivity contribution >= 4 is 38.1 Å². The van der Waals surface area contributed by atoms with Crippen molar-refractivity contribution in [3.63, 3.8) is 0 Å². The Balaban J connectivity index is 1.86. The Hall–Kier alpha value is -2.87. The summed E-state index contributed by atoms with van der Waals surface area (Å²) in [6, 6.07) is 10.9. The monoisotopic (exact) mass is 329 g/mol. The van der Waals surface area contributed by atoms with Crippen LogP contribution in [0.4, 0.5) is 16.5 Å². The molecule has 116 valence electrons. The van der Waals surface area contributed by atoms with E-state index in [1.165, 1.54) is 17.4 Å². The topological polar surface area (TPSA) is 86.5 Å². The van der Waals surface area contributed by atoms with E-state index in [9.17, 15) is 10.1 Å². The first-order valence-electron chi connectivity index (χ1n) is 6.92. The van der Waals surface area contributed by atoms with Crippen molar-refractivity contribution in [2.45, 2.75) is 0 Å². The molecule has 1 aliphatic heterocycles. The number of fused-ring (bicyclic) bond motifs is 3. The molecule has 1 aromatic heterocycles. The zero-order valence-corrected chi connectivity index (χ0v) is 12.6. The van der Waals surface area contributed by atoms with E-state index in [2.05, 4.69) is 10.3 Å². The van der Waals surface area contributed by atoms with Crippen molar-refractivity contribution in [1.29, 1.82) is 0 Å². The number of anilines is 2. The maximum atomic E-state index is 11.3. The summed E-state index contributed by atoms with van der Waals surface area (Å²) in [5.41, 5.74) is 1.09. The summed E-state index contributed by atoms with van der Waals surface area (Å²) in [6.07, 6.45) is 0. The molecule has 0 aliphatic carbocycles. The fraction of sp³-hybridized carbons (Fsp3) is 0.133. The van der Waals surface area contributed by atoms with Crippen LogP contribution < -0.4 is 14.8 Å². The molecule has 2 aromatic carbocycles. The number of hydrogen-bond acceptors (Lipinski definition) is 7. The maximum absolute atomic E-state index is 11.3. The molecule has 0 radical (unpaired) electrons. The number of hydrogen-bond donors (Lipinski definition) is 1. The van der Waals surface area contributed by atoms with Gasteiger partial charge >= 0.3 is 0 Å². The van der Waals surface area contributed by atoms with Crippen molar-refractivity contribution in [1.82, 2.24) is 4.98 Å². The number of para-hydroxylation sites is 1. The highest BCUT2D eigenvalue weighted by Crippen LogP contribution is 2.46. The Morgan fingerprint density at radius 3 is 2.78 bits per heavy atom. The van der Waals surface area contributed by atoms with Crippen molar-refractivity contribution in [3.8, 4) is 11.5 Å². The van der Waals surface area contributed by atoms with E-state index in [0.29, 0.717) is 40.1 Å². The van der Waals surface area contributed by atoms with E-state index in [1.54, 1.807) is 0 Å². The van der Waals surface area contributed by atoms with Crippen LogP contribution in [0, 0.1) is 10.1 Å². The lowest BCUT2D eigenvalue weighted by Crippen LogP contribution is -2.15. The number of aromatic nitrogens is 1. The highest BCUT2D eigenvalue weighted by molar-refractivity contribution is 7.22. The molecular formula is C15H11N3O4S. The van der Waals surface area contributed by atoms with Gasteiger partial charge in [-0.05, 0) is 12.1 Å². The largest absolute Gasteiger partial charge is 0.486 e. The van der Waals surface area contributed by atoms with Gasteiger partial charge in [-0.1, -0.05) is 29.5 Å². The fourth-order valence-corrected chi connectivity index (χ4v) is 3.39. The fourth-order valence-electron chi connectivity index (χ4n) is 2.39. The number of nitrogens with one attached hydrogen (secondary N) is 1. The molecule has 1 aliphatic rings. The number of thiazole rings is 1. The summed E-state index contributed by atoms with van der Waals surface area (Å²) >= 11 is 1.31. The average Bonchev–Trinajstić information content (AvgIpc) is 2.98. The van der Waals surface area contributed by atoms with Crippen LogP contribution in [0.3, 0.4) is 0 Å². The van der Waals surface area contributed by atoms with Crippen LogP contribution in [0.2, 0.25) is 0 Å². The van der Waals surface area contributed by atoms with Crippen molar-refractivity contribution in [2.75, 3.05) is 18.5 Å². The molecule has 0 atom stereocenters. The van der Waals surface area contributed by atoms with Gasteiger partial charge < -0.3 is 14.8 Å². The molecule has 8 heteroatoms. The Morgan fingerprint density at radius 2 is 2.00 bits per heavy atom. The van der Waals surface area contributed by atoms with Crippen molar-refractivity contribution in [2.24, 2.45) is 0 Å². The lowest BCUT2D eigenvalue weighted by Gasteiger charge is -2.18. The Bertz CT molecular complexity index is 895. The summed E-state index contributed by atoms with van der Waals surface area (Å²) in [5, 5.41) is 15.0. The SMILES string of the molecule is O=[N+]([O-])c1cc2c(c3sc(Nc4ccccc4)nc13)OCCO2. The first-order valence-corrected chi connectivity index (χ1v) is 7.73. The summed E-state index contributed by atoms with van der Waals surface area (Å²) in [6.45, 7) is 0.794. The molecule has 3 aromatic rings. The third-order valence-electron chi connectivity index (χ3n) is 3.38. The molecule has 1 N–H and O–H groups in total. The number of non-ortho nitro benzene ring substituents is 1. The van der Waals surface area contributed by atoms with Gasteiger partial charge in [0.05, 0.1) is 11.0 Å². The van der Waals surface area contributed by atoms with Crippen LogP contribution in [0.1, 0.15) is 0 Å². The van der Waals surface area contributed by atoms with Gasteiger partial charge in [0.2, 0.25) is 0 Å². The second-order valence-corrected chi connectivity index (χ2v) is 5.86. The predicted molar refractivity (Wildman–Crippen MR) is 87.0 cm³/mol. The Morgan fingerprint density at radius 1 is 1.22 bits per heavy atom. The number of nitro benzene ring substituents is 1. The molecule has 0 saturated carbocycles. The van der Waals surface area contributed by atoms with E-state index >= 15 is 0 Å². The van der Waals surface area contributed by atoms with Gasteiger partial charge in [-0.3, -0.25) is 10.1 Å². The standard InChI is InChI=1S/C15H11N3O4S/c19-18(20)10-8-11-13(22-7-6-21-11)14-12(10)17-15(23-14)16-9-4-2-1-3-5-9/h1-5,8H,6-7H2,(H,16,17). The van der Waals surface area contributed by atoms with E-state index in [4.69, 9.17) is 9.47 Å². The first-order chi connectivity index (χ1) is 11.2. The Kier molecular flexibility index (Phi) is 3.23. The summed E-state index contributed by atoms with van der Waals surface area (Å²) < 4.78 is 11.7. The summed E-state index contributed by atoms with van der Waals surface area (Å²) in [7, 11) is 0. The average molecular weight is 329 g/mol. The molecule has 4 rings (SSSR count). The first kappa shape index (κ1) is 13.8. The summed E-state index contributed by atoms with van der Waals surface area (Å²) in [5.74, 6) is 0.917. The number of ether oxygens (including phenoxy) is 2. The van der Waals surface area contributed by atoms with Gasteiger partial charge in [-0.2, -0.15) is 0 Å². The summed E-state index contributed by atoms with van der Waals surface area (Å²) in [4.78, 5) is 15.2. The van der Waals surface area contributed by atoms with Gasteiger partial charge in [0.1, 0.15) is 17.9 Å². The normalized spacial score (nSPS) is 13.0. The molecule has 2 heterocycles. The highest BCUT2D eigenvalue weighted by Gasteiger charge is 2.27. The number of nitrogens with zero attached hydrogens (tertiary/aromatic N) is 2. The third-order valence-corrected chi connectivity index (χ3v) is 4.35. The predicted octanol–water partition coefficient (Wildman–Crippen LogP) is 3.72. The van der Waals surface area contributed by atoms with Crippen molar-refractivity contribution < 1.29 is 14.4 Å². The molecule has 0 fully saturated rings. The van der Waals surface area contributed by atoms with Gasteiger partial charge in [0.15, 0.2) is 22.1 Å². The molecular weight excluding hydrogens is 318 g/mol. The second-order valence-electron chi connectivity index (χ2n) is 4.86. The molecule has 7 nitrogen and oxygen atoms in total. The van der Waals surface area contributed by atoms with E-state index in [0.717, 1.165) is 5.69 Å². The molecule has 0 unspecified atom stereocenters. The maximum Gasteiger partial charge on any atom is 0.300 e. The zero-order valence-electron chi connectivity index (χ0n) is 11.8. The number of benzene rings is 2. The highest BCUT2D eigenvalue weighted by atomic mass is 32.1. The number of rotatable bonds is 3. The van der Waals surface area contributed by atoms with E-state index in [-0.39, 0.29) is 5.69 Å². The molecule has 0 saturated heterocycles. The lowest BCUT2D eigenvalue weighted by atomic mass is 10.2. The van der Waals surface area contributed by atoms with Crippen LogP contribution in [0.5, 0.6) is 11.5 Å². The van der Waals surface area contributed by atoms with Crippen molar-refractivity contribution in [3.05, 3.63) is 46.5 Å². The van der Waals surface area contributed by atoms with Crippen LogP contribution >= 0.6 is 11.3 Å². The third kappa shape index (κ3) is 2.42. The zero-order chi connectivity index (χ0) is 15.8.